The molecular weight excluding hydrogens is 530 g/mol. The van der Waals surface area contributed by atoms with Crippen LogP contribution >= 0.6 is 11.8 Å². The van der Waals surface area contributed by atoms with Crippen molar-refractivity contribution in [2.75, 3.05) is 6.61 Å². The van der Waals surface area contributed by atoms with E-state index in [0.29, 0.717) is 29.3 Å². The van der Waals surface area contributed by atoms with Gasteiger partial charge in [0.2, 0.25) is 5.17 Å². The Morgan fingerprint density at radius 1 is 1.05 bits per heavy atom. The third kappa shape index (κ3) is 5.35. The molecule has 0 radical (unpaired) electrons. The number of amidine groups is 2. The van der Waals surface area contributed by atoms with Gasteiger partial charge in [-0.3, -0.25) is 10.2 Å². The molecule has 0 fully saturated rings. The monoisotopic (exact) mass is 561 g/mol. The summed E-state index contributed by atoms with van der Waals surface area (Å²) in [5.74, 6) is 0.967. The summed E-state index contributed by atoms with van der Waals surface area (Å²) in [5, 5.41) is 17.0. The summed E-state index contributed by atoms with van der Waals surface area (Å²) in [6.07, 6.45) is 4.87. The number of aliphatic imine (C=N–C) groups is 1. The third-order valence-electron chi connectivity index (χ3n) is 7.53. The van der Waals surface area contributed by atoms with E-state index in [1.165, 1.54) is 22.3 Å². The van der Waals surface area contributed by atoms with Gasteiger partial charge in [0.05, 0.1) is 12.1 Å². The minimum atomic E-state index is -0.435. The number of para-hydroxylation sites is 1. The quantitative estimate of drug-likeness (QED) is 0.231. The Bertz CT molecular complexity index is 1730. The van der Waals surface area contributed by atoms with Crippen molar-refractivity contribution in [2.45, 2.75) is 39.7 Å². The van der Waals surface area contributed by atoms with Crippen LogP contribution in [0.3, 0.4) is 0 Å². The Kier molecular flexibility index (Phi) is 7.32. The minimum Gasteiger partial charge on any atom is -0.492 e. The molecule has 206 valence electrons. The van der Waals surface area contributed by atoms with E-state index in [4.69, 9.17) is 10.1 Å². The predicted octanol–water partition coefficient (Wildman–Crippen LogP) is 7.21. The lowest BCUT2D eigenvalue weighted by molar-refractivity contribution is -0.114. The fourth-order valence-corrected chi connectivity index (χ4v) is 5.82. The Morgan fingerprint density at radius 2 is 1.80 bits per heavy atom. The summed E-state index contributed by atoms with van der Waals surface area (Å²) in [5.41, 5.74) is 5.49. The van der Waals surface area contributed by atoms with Crippen molar-refractivity contribution in [1.82, 2.24) is 9.58 Å². The summed E-state index contributed by atoms with van der Waals surface area (Å²) in [6, 6.07) is 24.4. The zero-order valence-corrected chi connectivity index (χ0v) is 24.1. The van der Waals surface area contributed by atoms with Gasteiger partial charge >= 0.3 is 0 Å². The van der Waals surface area contributed by atoms with Crippen molar-refractivity contribution in [3.63, 3.8) is 0 Å². The van der Waals surface area contributed by atoms with Crippen molar-refractivity contribution < 1.29 is 9.53 Å². The Hall–Kier alpha value is -4.43. The summed E-state index contributed by atoms with van der Waals surface area (Å²) in [6.45, 7) is 7.59. The molecule has 0 aliphatic carbocycles. The van der Waals surface area contributed by atoms with Crippen LogP contribution in [0.5, 0.6) is 5.75 Å². The number of rotatable bonds is 8. The molecule has 0 spiro atoms. The van der Waals surface area contributed by atoms with E-state index < -0.39 is 5.91 Å². The van der Waals surface area contributed by atoms with Crippen molar-refractivity contribution in [3.05, 3.63) is 107 Å². The minimum absolute atomic E-state index is 0.0237. The molecule has 0 bridgehead atoms. The molecule has 1 unspecified atom stereocenters. The van der Waals surface area contributed by atoms with E-state index in [9.17, 15) is 4.79 Å². The van der Waals surface area contributed by atoms with E-state index in [0.717, 1.165) is 39.8 Å². The number of aryl methyl sites for hydroxylation is 1. The number of hydrogen-bond acceptors (Lipinski definition) is 5. The highest BCUT2D eigenvalue weighted by Crippen LogP contribution is 2.32. The second-order valence-corrected chi connectivity index (χ2v) is 11.3. The number of nitrogens with zero attached hydrogens (tertiary/aromatic N) is 4. The average Bonchev–Trinajstić information content (AvgIpc) is 3.57. The first kappa shape index (κ1) is 26.8. The van der Waals surface area contributed by atoms with Gasteiger partial charge in [-0.1, -0.05) is 74.0 Å². The predicted molar refractivity (Wildman–Crippen MR) is 168 cm³/mol. The number of hydrazone groups is 1. The molecule has 2 aliphatic heterocycles. The number of ether oxygens (including phenoxy) is 1. The first-order valence-electron chi connectivity index (χ1n) is 13.8. The first-order valence-corrected chi connectivity index (χ1v) is 14.6. The molecule has 0 saturated heterocycles. The van der Waals surface area contributed by atoms with Gasteiger partial charge in [0.1, 0.15) is 17.4 Å². The van der Waals surface area contributed by atoms with Crippen molar-refractivity contribution in [2.24, 2.45) is 10.1 Å². The third-order valence-corrected chi connectivity index (χ3v) is 8.49. The van der Waals surface area contributed by atoms with E-state index >= 15 is 0 Å². The standard InChI is InChI=1S/C33H31N5O2S/c1-4-22(3)23-13-15-26(16-14-23)40-18-17-37-20-25(27-7-5-6-8-29(27)37)19-28-30(34)38-33(35-31(28)39)41-32(36-38)24-11-9-21(2)10-12-24/h5-16,19-20,22,34H,4,17-18H2,1-3H3/b28-19-,34-30?. The van der Waals surface area contributed by atoms with Gasteiger partial charge in [0.15, 0.2) is 5.84 Å². The molecule has 3 heterocycles. The zero-order valence-electron chi connectivity index (χ0n) is 23.3. The number of benzene rings is 3. The van der Waals surface area contributed by atoms with Crippen LogP contribution in [0.15, 0.2) is 94.7 Å². The number of nitrogens with one attached hydrogen (secondary N) is 1. The summed E-state index contributed by atoms with van der Waals surface area (Å²) < 4.78 is 8.18. The Morgan fingerprint density at radius 3 is 2.56 bits per heavy atom. The number of carbonyl (C=O) groups is 1. The number of thioether (sulfide) groups is 1. The number of carbonyl (C=O) groups excluding carboxylic acids is 1. The first-order chi connectivity index (χ1) is 19.9. The SMILES string of the molecule is CCC(C)c1ccc(OCCn2cc(/C=C3/C(=N)N4N=C(c5ccc(C)cc5)SC4=NC3=O)c3ccccc32)cc1. The lowest BCUT2D eigenvalue weighted by Gasteiger charge is -2.20. The van der Waals surface area contributed by atoms with Gasteiger partial charge < -0.3 is 9.30 Å². The molecule has 1 aromatic heterocycles. The number of aromatic nitrogens is 1. The maximum absolute atomic E-state index is 13.1. The fourth-order valence-electron chi connectivity index (χ4n) is 4.93. The number of amides is 1. The lowest BCUT2D eigenvalue weighted by Crippen LogP contribution is -2.35. The smallest absolute Gasteiger partial charge is 0.283 e. The van der Waals surface area contributed by atoms with Gasteiger partial charge in [-0.25, -0.2) is 0 Å². The average molecular weight is 562 g/mol. The van der Waals surface area contributed by atoms with Crippen LogP contribution in [0.25, 0.3) is 17.0 Å². The molecule has 8 heteroatoms. The number of hydrogen-bond donors (Lipinski definition) is 1. The molecule has 3 aromatic carbocycles. The molecule has 4 aromatic rings. The maximum atomic E-state index is 13.1. The highest BCUT2D eigenvalue weighted by atomic mass is 32.2. The highest BCUT2D eigenvalue weighted by molar-refractivity contribution is 8.27. The van der Waals surface area contributed by atoms with Crippen LogP contribution in [0.2, 0.25) is 0 Å². The van der Waals surface area contributed by atoms with Gasteiger partial charge in [-0.2, -0.15) is 15.1 Å². The summed E-state index contributed by atoms with van der Waals surface area (Å²) >= 11 is 1.31. The molecule has 2 aliphatic rings. The Labute approximate surface area is 243 Å². The van der Waals surface area contributed by atoms with Crippen LogP contribution in [0.4, 0.5) is 0 Å². The molecule has 6 rings (SSSR count). The van der Waals surface area contributed by atoms with E-state index in [1.807, 2.05) is 67.7 Å². The molecule has 41 heavy (non-hydrogen) atoms. The molecule has 1 atom stereocenters. The largest absolute Gasteiger partial charge is 0.492 e. The normalized spacial score (nSPS) is 16.7. The molecular formula is C33H31N5O2S. The van der Waals surface area contributed by atoms with Crippen LogP contribution < -0.4 is 4.74 Å². The van der Waals surface area contributed by atoms with Crippen molar-refractivity contribution in [1.29, 1.82) is 5.41 Å². The molecule has 0 saturated carbocycles. The van der Waals surface area contributed by atoms with E-state index in [1.54, 1.807) is 6.08 Å². The second kappa shape index (κ2) is 11.2. The summed E-state index contributed by atoms with van der Waals surface area (Å²) in [7, 11) is 0. The fraction of sp³-hybridized carbons (Fsp3) is 0.212. The topological polar surface area (TPSA) is 83.0 Å². The Balaban J connectivity index is 1.22. The van der Waals surface area contributed by atoms with Crippen LogP contribution in [-0.2, 0) is 11.3 Å². The van der Waals surface area contributed by atoms with Gasteiger partial charge in [-0.15, -0.1) is 0 Å². The lowest BCUT2D eigenvalue weighted by atomic mass is 9.99. The van der Waals surface area contributed by atoms with E-state index in [2.05, 4.69) is 46.7 Å². The van der Waals surface area contributed by atoms with E-state index in [-0.39, 0.29) is 11.4 Å². The summed E-state index contributed by atoms with van der Waals surface area (Å²) in [4.78, 5) is 17.4. The van der Waals surface area contributed by atoms with Crippen molar-refractivity contribution in [3.8, 4) is 5.75 Å². The van der Waals surface area contributed by atoms with Crippen molar-refractivity contribution >= 4 is 50.7 Å². The maximum Gasteiger partial charge on any atom is 0.283 e. The second-order valence-electron chi connectivity index (χ2n) is 10.3. The van der Waals surface area contributed by atoms with Gasteiger partial charge in [0, 0.05) is 28.2 Å². The molecule has 1 amide bonds. The van der Waals surface area contributed by atoms with Crippen LogP contribution in [0.1, 0.15) is 48.4 Å². The highest BCUT2D eigenvalue weighted by Gasteiger charge is 2.36. The zero-order chi connectivity index (χ0) is 28.5. The molecule has 1 N–H and O–H groups in total. The molecule has 7 nitrogen and oxygen atoms in total. The van der Waals surface area contributed by atoms with Gasteiger partial charge in [0.25, 0.3) is 5.91 Å². The number of fused-ring (bicyclic) bond motifs is 2. The van der Waals surface area contributed by atoms with Crippen LogP contribution in [0, 0.1) is 12.3 Å². The van der Waals surface area contributed by atoms with Crippen LogP contribution in [-0.4, -0.2) is 38.1 Å². The van der Waals surface area contributed by atoms with Gasteiger partial charge in [-0.05, 0) is 60.9 Å².